The molecule has 0 aliphatic heterocycles. The molecule has 0 saturated heterocycles. The van der Waals surface area contributed by atoms with Crippen LogP contribution in [0, 0.1) is 5.41 Å². The third kappa shape index (κ3) is 0.294. The van der Waals surface area contributed by atoms with Crippen molar-refractivity contribution in [3.63, 3.8) is 0 Å². The molecule has 0 unspecified atom stereocenters. The van der Waals surface area contributed by atoms with E-state index in [0.29, 0.717) is 0 Å². The zero-order chi connectivity index (χ0) is 6.31. The molecule has 0 fully saturated rings. The smallest absolute Gasteiger partial charge is 0.234 e. The van der Waals surface area contributed by atoms with Crippen molar-refractivity contribution < 1.29 is 5.11 Å². The van der Waals surface area contributed by atoms with Crippen molar-refractivity contribution in [2.24, 2.45) is 0 Å². The average molecular weight is 112 g/mol. The second-order valence-electron chi connectivity index (χ2n) is 1.47. The van der Waals surface area contributed by atoms with Gasteiger partial charge < -0.3 is 10.8 Å². The second-order valence-corrected chi connectivity index (χ2v) is 1.47. The first kappa shape index (κ1) is 4.83. The Labute approximate surface area is 44.4 Å². The monoisotopic (exact) mass is 112 g/mol. The van der Waals surface area contributed by atoms with E-state index in [1.54, 1.807) is 0 Å². The molecule has 8 heavy (non-hydrogen) atoms. The summed E-state index contributed by atoms with van der Waals surface area (Å²) in [6, 6.07) is 0. The highest BCUT2D eigenvalue weighted by Crippen LogP contribution is 2.07. The minimum absolute atomic E-state index is 0.199. The van der Waals surface area contributed by atoms with Crippen LogP contribution in [0.4, 0.5) is 5.69 Å². The molecule has 1 rings (SSSR count). The van der Waals surface area contributed by atoms with Gasteiger partial charge in [0.25, 0.3) is 0 Å². The SMILES string of the molecule is N=c1c(O)c(N)c1=O. The van der Waals surface area contributed by atoms with Gasteiger partial charge in [0.05, 0.1) is 0 Å². The van der Waals surface area contributed by atoms with E-state index in [9.17, 15) is 4.79 Å². The highest BCUT2D eigenvalue weighted by atomic mass is 16.3. The molecule has 0 aromatic heterocycles. The molecule has 42 valence electrons. The molecule has 0 amide bonds. The molecule has 0 aliphatic carbocycles. The first-order valence-corrected chi connectivity index (χ1v) is 1.97. The third-order valence-electron chi connectivity index (χ3n) is 0.964. The van der Waals surface area contributed by atoms with Crippen molar-refractivity contribution in [2.45, 2.75) is 0 Å². The van der Waals surface area contributed by atoms with Crippen molar-refractivity contribution in [2.75, 3.05) is 5.73 Å². The van der Waals surface area contributed by atoms with Gasteiger partial charge in [0.15, 0.2) is 5.75 Å². The molecule has 0 saturated carbocycles. The minimum atomic E-state index is -0.567. The molecule has 0 aliphatic rings. The largest absolute Gasteiger partial charge is 0.504 e. The topological polar surface area (TPSA) is 87.2 Å². The quantitative estimate of drug-likeness (QED) is 0.389. The Morgan fingerprint density at radius 3 is 2.25 bits per heavy atom. The van der Waals surface area contributed by atoms with Crippen LogP contribution in [-0.2, 0) is 0 Å². The summed E-state index contributed by atoms with van der Waals surface area (Å²) >= 11 is 0. The molecule has 0 bridgehead atoms. The fourth-order valence-corrected chi connectivity index (χ4v) is 0.422. The lowest BCUT2D eigenvalue weighted by molar-refractivity contribution is 0.462. The van der Waals surface area contributed by atoms with Gasteiger partial charge in [-0.25, -0.2) is 0 Å². The molecule has 4 nitrogen and oxygen atoms in total. The lowest BCUT2D eigenvalue weighted by atomic mass is 10.2. The van der Waals surface area contributed by atoms with E-state index in [2.05, 4.69) is 0 Å². The molecule has 0 spiro atoms. The fraction of sp³-hybridized carbons (Fsp3) is 0. The number of nitrogens with one attached hydrogen (secondary N) is 1. The maximum absolute atomic E-state index is 10.2. The summed E-state index contributed by atoms with van der Waals surface area (Å²) in [5.74, 6) is -0.380. The highest BCUT2D eigenvalue weighted by molar-refractivity contribution is 5.55. The van der Waals surface area contributed by atoms with Crippen molar-refractivity contribution in [1.82, 2.24) is 0 Å². The molecule has 0 heterocycles. The van der Waals surface area contributed by atoms with Crippen LogP contribution in [0.3, 0.4) is 0 Å². The van der Waals surface area contributed by atoms with Crippen LogP contribution in [0.25, 0.3) is 0 Å². The first-order chi connectivity index (χ1) is 3.64. The Morgan fingerprint density at radius 1 is 1.62 bits per heavy atom. The number of nitrogens with two attached hydrogens (primary N) is 1. The maximum Gasteiger partial charge on any atom is 0.234 e. The normalized spacial score (nSPS) is 10.0. The Hall–Kier alpha value is -1.32. The molecule has 4 N–H and O–H groups in total. The zero-order valence-corrected chi connectivity index (χ0v) is 3.93. The van der Waals surface area contributed by atoms with Crippen molar-refractivity contribution >= 4 is 5.69 Å². The molecule has 0 atom stereocenters. The Bertz CT molecular complexity index is 252. The zero-order valence-electron chi connectivity index (χ0n) is 3.93. The van der Waals surface area contributed by atoms with E-state index in [1.807, 2.05) is 0 Å². The minimum Gasteiger partial charge on any atom is -0.504 e. The lowest BCUT2D eigenvalue weighted by Crippen LogP contribution is -2.32. The van der Waals surface area contributed by atoms with Crippen LogP contribution < -0.4 is 16.5 Å². The van der Waals surface area contributed by atoms with Crippen LogP contribution in [-0.4, -0.2) is 5.11 Å². The number of rotatable bonds is 0. The van der Waals surface area contributed by atoms with Gasteiger partial charge >= 0.3 is 0 Å². The maximum atomic E-state index is 10.2. The number of hydrogen-bond acceptors (Lipinski definition) is 4. The summed E-state index contributed by atoms with van der Waals surface area (Å²) in [6.45, 7) is 0. The van der Waals surface area contributed by atoms with Gasteiger partial charge in [-0.3, -0.25) is 10.2 Å². The number of aromatic hydroxyl groups is 1. The highest BCUT2D eigenvalue weighted by Gasteiger charge is 2.11. The van der Waals surface area contributed by atoms with Crippen LogP contribution in [0.15, 0.2) is 4.79 Å². The number of anilines is 1. The summed E-state index contributed by atoms with van der Waals surface area (Å²) in [5.41, 5.74) is 4.13. The van der Waals surface area contributed by atoms with E-state index in [1.165, 1.54) is 0 Å². The number of nitrogen functional groups attached to an aromatic ring is 1. The van der Waals surface area contributed by atoms with Gasteiger partial charge in [0.2, 0.25) is 5.43 Å². The van der Waals surface area contributed by atoms with Crippen LogP contribution in [0.5, 0.6) is 5.75 Å². The van der Waals surface area contributed by atoms with Gasteiger partial charge in [-0.05, 0) is 0 Å². The summed E-state index contributed by atoms with van der Waals surface area (Å²) in [7, 11) is 0. The molecular formula is C4H4N2O2. The Morgan fingerprint density at radius 2 is 2.12 bits per heavy atom. The van der Waals surface area contributed by atoms with E-state index >= 15 is 0 Å². The first-order valence-electron chi connectivity index (χ1n) is 1.97. The van der Waals surface area contributed by atoms with Gasteiger partial charge in [-0.15, -0.1) is 0 Å². The Balaban J connectivity index is 3.48. The summed E-state index contributed by atoms with van der Waals surface area (Å²) < 4.78 is 0. The molecule has 1 aromatic rings. The van der Waals surface area contributed by atoms with Gasteiger partial charge in [-0.2, -0.15) is 0 Å². The van der Waals surface area contributed by atoms with Gasteiger partial charge in [0, 0.05) is 0 Å². The molecule has 4 heteroatoms. The Kier molecular flexibility index (Phi) is 0.658. The average Bonchev–Trinajstić information content (AvgIpc) is 1.83. The van der Waals surface area contributed by atoms with E-state index in [0.717, 1.165) is 0 Å². The second kappa shape index (κ2) is 1.09. The van der Waals surface area contributed by atoms with Crippen LogP contribution >= 0.6 is 0 Å². The van der Waals surface area contributed by atoms with Gasteiger partial charge in [-0.1, -0.05) is 0 Å². The summed E-state index contributed by atoms with van der Waals surface area (Å²) in [4.78, 5) is 10.2. The molecular weight excluding hydrogens is 108 g/mol. The van der Waals surface area contributed by atoms with Crippen LogP contribution in [0.1, 0.15) is 0 Å². The summed E-state index contributed by atoms with van der Waals surface area (Å²) in [6.07, 6.45) is 0. The predicted octanol–water partition coefficient (Wildman–Crippen LogP) is -1.31. The van der Waals surface area contributed by atoms with Crippen molar-refractivity contribution in [1.29, 1.82) is 5.41 Å². The van der Waals surface area contributed by atoms with Gasteiger partial charge in [0.1, 0.15) is 11.0 Å². The van der Waals surface area contributed by atoms with Crippen molar-refractivity contribution in [3.8, 4) is 5.75 Å². The van der Waals surface area contributed by atoms with E-state index < -0.39 is 5.43 Å². The van der Waals surface area contributed by atoms with E-state index in [4.69, 9.17) is 16.2 Å². The lowest BCUT2D eigenvalue weighted by Gasteiger charge is -1.97. The standard InChI is InChI=1S/C4H4N2O2/c5-1-3(7)2(6)4(1)8/h5,7H,6H2. The number of hydrogen-bond donors (Lipinski definition) is 3. The molecule has 0 radical (unpaired) electrons. The summed E-state index contributed by atoms with van der Waals surface area (Å²) in [5, 5.41) is 14.7. The van der Waals surface area contributed by atoms with Crippen molar-refractivity contribution in [3.05, 3.63) is 15.6 Å². The third-order valence-corrected chi connectivity index (χ3v) is 0.964. The fourth-order valence-electron chi connectivity index (χ4n) is 0.422. The molecule has 1 aromatic carbocycles. The van der Waals surface area contributed by atoms with E-state index in [-0.39, 0.29) is 16.8 Å². The van der Waals surface area contributed by atoms with Crippen LogP contribution in [0.2, 0.25) is 0 Å². The predicted molar refractivity (Wildman–Crippen MR) is 27.0 cm³/mol.